The first-order valence-corrected chi connectivity index (χ1v) is 8.06. The van der Waals surface area contributed by atoms with E-state index in [1.165, 1.54) is 0 Å². The summed E-state index contributed by atoms with van der Waals surface area (Å²) in [5.74, 6) is -1.26. The number of rotatable bonds is 6. The maximum absolute atomic E-state index is 12.7. The Morgan fingerprint density at radius 1 is 1.09 bits per heavy atom. The standard InChI is InChI=1S/C16H30N2O4/c1-9(2)13(16(20)21)17-15(19)14(10(3)4)18-7-11(5)22-12(6)8-18/h9-14H,7-8H2,1-6H3,(H,17,19)(H,20,21). The van der Waals surface area contributed by atoms with E-state index in [2.05, 4.69) is 10.2 Å². The van der Waals surface area contributed by atoms with E-state index in [1.54, 1.807) is 13.8 Å². The van der Waals surface area contributed by atoms with Crippen LogP contribution >= 0.6 is 0 Å². The van der Waals surface area contributed by atoms with Crippen molar-refractivity contribution in [2.75, 3.05) is 13.1 Å². The molecule has 6 heteroatoms. The van der Waals surface area contributed by atoms with Crippen LogP contribution in [0.3, 0.4) is 0 Å². The highest BCUT2D eigenvalue weighted by atomic mass is 16.5. The minimum atomic E-state index is -0.991. The first-order chi connectivity index (χ1) is 10.1. The summed E-state index contributed by atoms with van der Waals surface area (Å²) in [5.41, 5.74) is 0. The van der Waals surface area contributed by atoms with Gasteiger partial charge in [-0.1, -0.05) is 27.7 Å². The van der Waals surface area contributed by atoms with Gasteiger partial charge in [0.1, 0.15) is 6.04 Å². The molecule has 128 valence electrons. The van der Waals surface area contributed by atoms with Crippen LogP contribution in [0.1, 0.15) is 41.5 Å². The minimum Gasteiger partial charge on any atom is -0.480 e. The summed E-state index contributed by atoms with van der Waals surface area (Å²) in [5, 5.41) is 12.0. The molecule has 2 N–H and O–H groups in total. The summed E-state index contributed by atoms with van der Waals surface area (Å²) in [6, 6.07) is -1.20. The molecule has 1 aliphatic rings. The van der Waals surface area contributed by atoms with Gasteiger partial charge in [0.05, 0.1) is 18.2 Å². The second-order valence-electron chi connectivity index (χ2n) is 6.97. The predicted octanol–water partition coefficient (Wildman–Crippen LogP) is 1.35. The van der Waals surface area contributed by atoms with Crippen molar-refractivity contribution in [3.05, 3.63) is 0 Å². The second kappa shape index (κ2) is 7.92. The third-order valence-electron chi connectivity index (χ3n) is 3.97. The van der Waals surface area contributed by atoms with Crippen LogP contribution in [0.5, 0.6) is 0 Å². The number of carbonyl (C=O) groups excluding carboxylic acids is 1. The van der Waals surface area contributed by atoms with Crippen LogP contribution in [0.4, 0.5) is 0 Å². The number of hydrogen-bond acceptors (Lipinski definition) is 4. The van der Waals surface area contributed by atoms with Crippen molar-refractivity contribution in [3.63, 3.8) is 0 Å². The van der Waals surface area contributed by atoms with Gasteiger partial charge in [0.15, 0.2) is 0 Å². The number of carboxylic acids is 1. The molecule has 1 amide bonds. The van der Waals surface area contributed by atoms with Crippen molar-refractivity contribution in [2.45, 2.75) is 65.8 Å². The fraction of sp³-hybridized carbons (Fsp3) is 0.875. The molecule has 0 spiro atoms. The molecule has 6 nitrogen and oxygen atoms in total. The van der Waals surface area contributed by atoms with E-state index in [0.29, 0.717) is 13.1 Å². The highest BCUT2D eigenvalue weighted by Crippen LogP contribution is 2.19. The third-order valence-corrected chi connectivity index (χ3v) is 3.97. The van der Waals surface area contributed by atoms with Gasteiger partial charge in [-0.3, -0.25) is 9.69 Å². The average molecular weight is 314 g/mol. The molecule has 22 heavy (non-hydrogen) atoms. The molecule has 0 saturated carbocycles. The van der Waals surface area contributed by atoms with Crippen molar-refractivity contribution in [1.82, 2.24) is 10.2 Å². The number of nitrogens with zero attached hydrogens (tertiary/aromatic N) is 1. The first-order valence-electron chi connectivity index (χ1n) is 8.06. The Labute approximate surface area is 133 Å². The normalized spacial score (nSPS) is 26.0. The molecular weight excluding hydrogens is 284 g/mol. The molecule has 0 aromatic rings. The number of morpholine rings is 1. The van der Waals surface area contributed by atoms with Crippen LogP contribution < -0.4 is 5.32 Å². The first kappa shape index (κ1) is 18.9. The van der Waals surface area contributed by atoms with E-state index < -0.39 is 12.0 Å². The van der Waals surface area contributed by atoms with E-state index in [-0.39, 0.29) is 36.0 Å². The molecule has 0 aliphatic carbocycles. The molecule has 1 aliphatic heterocycles. The molecule has 4 unspecified atom stereocenters. The van der Waals surface area contributed by atoms with Gasteiger partial charge < -0.3 is 15.2 Å². The second-order valence-corrected chi connectivity index (χ2v) is 6.97. The lowest BCUT2D eigenvalue weighted by Gasteiger charge is -2.41. The fourth-order valence-electron chi connectivity index (χ4n) is 3.09. The minimum absolute atomic E-state index is 0.0677. The van der Waals surface area contributed by atoms with Gasteiger partial charge in [-0.25, -0.2) is 4.79 Å². The zero-order chi connectivity index (χ0) is 17.0. The zero-order valence-electron chi connectivity index (χ0n) is 14.5. The molecule has 1 rings (SSSR count). The molecule has 1 saturated heterocycles. The van der Waals surface area contributed by atoms with E-state index in [4.69, 9.17) is 4.74 Å². The van der Waals surface area contributed by atoms with Crippen molar-refractivity contribution >= 4 is 11.9 Å². The van der Waals surface area contributed by atoms with Gasteiger partial charge in [0.25, 0.3) is 0 Å². The van der Waals surface area contributed by atoms with Gasteiger partial charge in [-0.05, 0) is 25.7 Å². The number of nitrogens with one attached hydrogen (secondary N) is 1. The highest BCUT2D eigenvalue weighted by molar-refractivity contribution is 5.87. The fourth-order valence-corrected chi connectivity index (χ4v) is 3.09. The Morgan fingerprint density at radius 2 is 1.59 bits per heavy atom. The van der Waals surface area contributed by atoms with Gasteiger partial charge in [0.2, 0.25) is 5.91 Å². The van der Waals surface area contributed by atoms with Gasteiger partial charge >= 0.3 is 5.97 Å². The summed E-state index contributed by atoms with van der Waals surface area (Å²) in [4.78, 5) is 26.1. The Hall–Kier alpha value is -1.14. The van der Waals surface area contributed by atoms with Gasteiger partial charge in [0, 0.05) is 13.1 Å². The summed E-state index contributed by atoms with van der Waals surface area (Å²) in [6.07, 6.45) is 0.135. The topological polar surface area (TPSA) is 78.9 Å². The van der Waals surface area contributed by atoms with E-state index in [0.717, 1.165) is 0 Å². The highest BCUT2D eigenvalue weighted by Gasteiger charge is 2.36. The summed E-state index contributed by atoms with van der Waals surface area (Å²) in [6.45, 7) is 12.9. The maximum atomic E-state index is 12.7. The zero-order valence-corrected chi connectivity index (χ0v) is 14.5. The summed E-state index contributed by atoms with van der Waals surface area (Å²) < 4.78 is 5.72. The number of amides is 1. The van der Waals surface area contributed by atoms with Crippen molar-refractivity contribution in [1.29, 1.82) is 0 Å². The van der Waals surface area contributed by atoms with Crippen molar-refractivity contribution < 1.29 is 19.4 Å². The number of carbonyl (C=O) groups is 2. The molecule has 4 atom stereocenters. The summed E-state index contributed by atoms with van der Waals surface area (Å²) >= 11 is 0. The number of carboxylic acid groups (broad SMARTS) is 1. The van der Waals surface area contributed by atoms with Gasteiger partial charge in [-0.2, -0.15) is 0 Å². The molecule has 0 aromatic carbocycles. The van der Waals surface area contributed by atoms with Crippen LogP contribution in [-0.2, 0) is 14.3 Å². The number of aliphatic carboxylic acids is 1. The van der Waals surface area contributed by atoms with Crippen LogP contribution in [0.15, 0.2) is 0 Å². The lowest BCUT2D eigenvalue weighted by molar-refractivity contribution is -0.146. The van der Waals surface area contributed by atoms with Crippen LogP contribution in [0, 0.1) is 11.8 Å². The van der Waals surface area contributed by atoms with E-state index >= 15 is 0 Å². The molecule has 1 fully saturated rings. The summed E-state index contributed by atoms with van der Waals surface area (Å²) in [7, 11) is 0. The Balaban J connectivity index is 2.85. The maximum Gasteiger partial charge on any atom is 0.326 e. The Bertz CT molecular complexity index is 388. The smallest absolute Gasteiger partial charge is 0.326 e. The monoisotopic (exact) mass is 314 g/mol. The Morgan fingerprint density at radius 3 is 1.95 bits per heavy atom. The van der Waals surface area contributed by atoms with Crippen molar-refractivity contribution in [2.24, 2.45) is 11.8 Å². The largest absolute Gasteiger partial charge is 0.480 e. The van der Waals surface area contributed by atoms with E-state index in [9.17, 15) is 14.7 Å². The Kier molecular flexibility index (Phi) is 6.81. The van der Waals surface area contributed by atoms with Crippen molar-refractivity contribution in [3.8, 4) is 0 Å². The van der Waals surface area contributed by atoms with Crippen LogP contribution in [0.25, 0.3) is 0 Å². The average Bonchev–Trinajstić information content (AvgIpc) is 2.33. The molecule has 0 aromatic heterocycles. The number of ether oxygens (including phenoxy) is 1. The van der Waals surface area contributed by atoms with Gasteiger partial charge in [-0.15, -0.1) is 0 Å². The lowest BCUT2D eigenvalue weighted by atomic mass is 9.97. The quantitative estimate of drug-likeness (QED) is 0.773. The lowest BCUT2D eigenvalue weighted by Crippen LogP contribution is -2.59. The SMILES string of the molecule is CC1CN(C(C(=O)NC(C(=O)O)C(C)C)C(C)C)CC(C)O1. The molecule has 1 heterocycles. The van der Waals surface area contributed by atoms with Crippen LogP contribution in [0.2, 0.25) is 0 Å². The van der Waals surface area contributed by atoms with E-state index in [1.807, 2.05) is 27.7 Å². The van der Waals surface area contributed by atoms with Crippen LogP contribution in [-0.4, -0.2) is 59.3 Å². The molecule has 0 radical (unpaired) electrons. The third kappa shape index (κ3) is 4.95. The predicted molar refractivity (Wildman–Crippen MR) is 84.6 cm³/mol. The number of hydrogen-bond donors (Lipinski definition) is 2. The molecular formula is C16H30N2O4. The molecule has 0 bridgehead atoms.